The third-order valence-electron chi connectivity index (χ3n) is 3.44. The minimum absolute atomic E-state index is 0.148. The molecule has 0 aromatic heterocycles. The predicted molar refractivity (Wildman–Crippen MR) is 102 cm³/mol. The molecule has 0 aliphatic heterocycles. The predicted octanol–water partition coefficient (Wildman–Crippen LogP) is 4.51. The molecule has 0 saturated heterocycles. The molecular weight excluding hydrogens is 377 g/mol. The quantitative estimate of drug-likeness (QED) is 0.667. The maximum absolute atomic E-state index is 11.9. The monoisotopic (exact) mass is 395 g/mol. The first-order chi connectivity index (χ1) is 12.5. The van der Waals surface area contributed by atoms with Gasteiger partial charge in [-0.1, -0.05) is 41.4 Å². The van der Waals surface area contributed by atoms with Gasteiger partial charge in [-0.15, -0.1) is 0 Å². The minimum Gasteiger partial charge on any atom is -0.494 e. The molecule has 0 unspecified atom stereocenters. The minimum atomic E-state index is -0.489. The fraction of sp³-hybridized carbons (Fsp3) is 0.263. The number of rotatable bonds is 8. The van der Waals surface area contributed by atoms with Gasteiger partial charge in [-0.05, 0) is 43.2 Å². The highest BCUT2D eigenvalue weighted by atomic mass is 35.5. The topological polar surface area (TPSA) is 64.6 Å². The van der Waals surface area contributed by atoms with E-state index in [0.717, 1.165) is 11.3 Å². The van der Waals surface area contributed by atoms with Gasteiger partial charge in [0.05, 0.1) is 17.3 Å². The Hall–Kier alpha value is -2.24. The third-order valence-corrected chi connectivity index (χ3v) is 4.00. The molecule has 0 heterocycles. The molecule has 0 aliphatic carbocycles. The summed E-state index contributed by atoms with van der Waals surface area (Å²) >= 11 is 11.8. The molecule has 0 aliphatic rings. The first kappa shape index (κ1) is 20.1. The summed E-state index contributed by atoms with van der Waals surface area (Å²) in [5.74, 6) is -0.211. The number of hydrogen-bond acceptors (Lipinski definition) is 4. The van der Waals surface area contributed by atoms with Gasteiger partial charge >= 0.3 is 5.97 Å². The number of ether oxygens (including phenoxy) is 2. The number of halogens is 2. The van der Waals surface area contributed by atoms with Crippen molar-refractivity contribution in [1.29, 1.82) is 0 Å². The lowest BCUT2D eigenvalue weighted by Gasteiger charge is -2.10. The molecule has 0 bridgehead atoms. The average molecular weight is 396 g/mol. The summed E-state index contributed by atoms with van der Waals surface area (Å²) in [6.07, 6.45) is 0.617. The number of amides is 1. The van der Waals surface area contributed by atoms with Crippen molar-refractivity contribution in [1.82, 2.24) is 0 Å². The summed E-state index contributed by atoms with van der Waals surface area (Å²) in [6, 6.07) is 12.2. The van der Waals surface area contributed by atoms with Crippen LogP contribution in [0, 0.1) is 0 Å². The number of para-hydroxylation sites is 1. The zero-order chi connectivity index (χ0) is 18.9. The summed E-state index contributed by atoms with van der Waals surface area (Å²) in [4.78, 5) is 23.8. The van der Waals surface area contributed by atoms with Gasteiger partial charge in [-0.25, -0.2) is 0 Å². The maximum Gasteiger partial charge on any atom is 0.306 e. The fourth-order valence-corrected chi connectivity index (χ4v) is 2.58. The van der Waals surface area contributed by atoms with E-state index in [9.17, 15) is 9.59 Å². The van der Waals surface area contributed by atoms with E-state index in [0.29, 0.717) is 28.8 Å². The van der Waals surface area contributed by atoms with Gasteiger partial charge in [0.25, 0.3) is 5.91 Å². The van der Waals surface area contributed by atoms with Crippen LogP contribution in [-0.4, -0.2) is 25.1 Å². The number of carbonyl (C=O) groups excluding carboxylic acids is 2. The van der Waals surface area contributed by atoms with Crippen LogP contribution in [0.5, 0.6) is 5.75 Å². The third kappa shape index (κ3) is 6.24. The van der Waals surface area contributed by atoms with E-state index in [1.54, 1.807) is 12.1 Å². The lowest BCUT2D eigenvalue weighted by atomic mass is 10.1. The normalized spacial score (nSPS) is 10.3. The van der Waals surface area contributed by atoms with E-state index in [4.69, 9.17) is 32.7 Å². The lowest BCUT2D eigenvalue weighted by Crippen LogP contribution is -2.21. The summed E-state index contributed by atoms with van der Waals surface area (Å²) in [5, 5.41) is 3.34. The van der Waals surface area contributed by atoms with Crippen molar-refractivity contribution in [3.8, 4) is 5.75 Å². The summed E-state index contributed by atoms with van der Waals surface area (Å²) in [7, 11) is 0. The van der Waals surface area contributed by atoms with Crippen LogP contribution < -0.4 is 10.1 Å². The van der Waals surface area contributed by atoms with Crippen molar-refractivity contribution in [3.63, 3.8) is 0 Å². The summed E-state index contributed by atoms with van der Waals surface area (Å²) in [6.45, 7) is 2.05. The molecule has 0 spiro atoms. The Kier molecular flexibility index (Phi) is 7.75. The number of aryl methyl sites for hydroxylation is 1. The van der Waals surface area contributed by atoms with Crippen LogP contribution in [0.15, 0.2) is 42.5 Å². The number of carbonyl (C=O) groups is 2. The van der Waals surface area contributed by atoms with Crippen molar-refractivity contribution < 1.29 is 19.1 Å². The van der Waals surface area contributed by atoms with Gasteiger partial charge in [0, 0.05) is 11.4 Å². The Bertz CT molecular complexity index is 780. The molecule has 138 valence electrons. The van der Waals surface area contributed by atoms with Crippen molar-refractivity contribution in [2.75, 3.05) is 18.5 Å². The molecule has 7 heteroatoms. The number of benzene rings is 2. The van der Waals surface area contributed by atoms with Crippen LogP contribution in [-0.2, 0) is 20.7 Å². The molecular formula is C19H19Cl2NO4. The van der Waals surface area contributed by atoms with Crippen LogP contribution in [0.1, 0.15) is 18.9 Å². The van der Waals surface area contributed by atoms with Crippen LogP contribution in [0.2, 0.25) is 10.0 Å². The Morgan fingerprint density at radius 1 is 1.12 bits per heavy atom. The van der Waals surface area contributed by atoms with E-state index in [1.807, 2.05) is 31.2 Å². The highest BCUT2D eigenvalue weighted by molar-refractivity contribution is 6.35. The molecule has 1 amide bonds. The average Bonchev–Trinajstić information content (AvgIpc) is 2.62. The molecule has 0 radical (unpaired) electrons. The first-order valence-corrected chi connectivity index (χ1v) is 8.86. The van der Waals surface area contributed by atoms with Crippen molar-refractivity contribution in [3.05, 3.63) is 58.1 Å². The lowest BCUT2D eigenvalue weighted by molar-refractivity contribution is -0.147. The molecule has 1 N–H and O–H groups in total. The fourth-order valence-electron chi connectivity index (χ4n) is 2.24. The van der Waals surface area contributed by atoms with E-state index >= 15 is 0 Å². The highest BCUT2D eigenvalue weighted by Gasteiger charge is 2.11. The number of esters is 1. The zero-order valence-electron chi connectivity index (χ0n) is 14.3. The Labute approximate surface area is 162 Å². The number of hydrogen-bond donors (Lipinski definition) is 1. The standard InChI is InChI=1S/C19H19Cl2NO4/c1-2-25-17-6-4-3-5-13(17)7-10-19(24)26-12-18(23)22-16-11-14(20)8-9-15(16)21/h3-6,8-9,11H,2,7,10,12H2,1H3,(H,22,23). The van der Waals surface area contributed by atoms with E-state index in [-0.39, 0.29) is 6.42 Å². The van der Waals surface area contributed by atoms with Crippen LogP contribution in [0.4, 0.5) is 5.69 Å². The van der Waals surface area contributed by atoms with Crippen molar-refractivity contribution >= 4 is 40.8 Å². The Morgan fingerprint density at radius 3 is 2.65 bits per heavy atom. The van der Waals surface area contributed by atoms with Crippen molar-refractivity contribution in [2.45, 2.75) is 19.8 Å². The van der Waals surface area contributed by atoms with E-state index in [1.165, 1.54) is 6.07 Å². The number of nitrogens with one attached hydrogen (secondary N) is 1. The molecule has 0 atom stereocenters. The highest BCUT2D eigenvalue weighted by Crippen LogP contribution is 2.25. The molecule has 2 aromatic rings. The maximum atomic E-state index is 11.9. The molecule has 2 rings (SSSR count). The second-order valence-electron chi connectivity index (χ2n) is 5.37. The Morgan fingerprint density at radius 2 is 1.88 bits per heavy atom. The smallest absolute Gasteiger partial charge is 0.306 e. The van der Waals surface area contributed by atoms with Crippen molar-refractivity contribution in [2.24, 2.45) is 0 Å². The zero-order valence-corrected chi connectivity index (χ0v) is 15.8. The van der Waals surface area contributed by atoms with Crippen LogP contribution in [0.25, 0.3) is 0 Å². The van der Waals surface area contributed by atoms with Crippen LogP contribution >= 0.6 is 23.2 Å². The van der Waals surface area contributed by atoms with Gasteiger partial charge < -0.3 is 14.8 Å². The van der Waals surface area contributed by atoms with Gasteiger partial charge in [0.1, 0.15) is 5.75 Å². The molecule has 2 aromatic carbocycles. The van der Waals surface area contributed by atoms with Gasteiger partial charge in [-0.3, -0.25) is 9.59 Å². The van der Waals surface area contributed by atoms with Gasteiger partial charge in [0.2, 0.25) is 0 Å². The van der Waals surface area contributed by atoms with Gasteiger partial charge in [0.15, 0.2) is 6.61 Å². The van der Waals surface area contributed by atoms with Crippen LogP contribution in [0.3, 0.4) is 0 Å². The molecule has 26 heavy (non-hydrogen) atoms. The summed E-state index contributed by atoms with van der Waals surface area (Å²) in [5.41, 5.74) is 1.28. The van der Waals surface area contributed by atoms with Gasteiger partial charge in [-0.2, -0.15) is 0 Å². The molecule has 0 saturated carbocycles. The SMILES string of the molecule is CCOc1ccccc1CCC(=O)OCC(=O)Nc1cc(Cl)ccc1Cl. The first-order valence-electron chi connectivity index (χ1n) is 8.10. The Balaban J connectivity index is 1.80. The van der Waals surface area contributed by atoms with E-state index in [2.05, 4.69) is 5.32 Å². The second-order valence-corrected chi connectivity index (χ2v) is 6.22. The number of anilines is 1. The molecule has 0 fully saturated rings. The largest absolute Gasteiger partial charge is 0.494 e. The summed E-state index contributed by atoms with van der Waals surface area (Å²) < 4.78 is 10.5. The molecule has 5 nitrogen and oxygen atoms in total. The van der Waals surface area contributed by atoms with E-state index < -0.39 is 18.5 Å². The second kappa shape index (κ2) is 10.0.